The summed E-state index contributed by atoms with van der Waals surface area (Å²) in [5.41, 5.74) is 9.37. The summed E-state index contributed by atoms with van der Waals surface area (Å²) in [6.45, 7) is 0. The molecule has 0 aromatic heterocycles. The van der Waals surface area contributed by atoms with Gasteiger partial charge < -0.3 is 4.74 Å². The molecule has 0 unspecified atom stereocenters. The van der Waals surface area contributed by atoms with Crippen LogP contribution in [0.15, 0.2) is 182 Å². The minimum absolute atomic E-state index is 0.834. The van der Waals surface area contributed by atoms with E-state index >= 15 is 0 Å². The van der Waals surface area contributed by atoms with Crippen molar-refractivity contribution in [1.29, 1.82) is 0 Å². The van der Waals surface area contributed by atoms with Gasteiger partial charge in [0.1, 0.15) is 11.5 Å². The lowest BCUT2D eigenvalue weighted by atomic mass is 9.88. The maximum absolute atomic E-state index is 7.11. The second-order valence-electron chi connectivity index (χ2n) is 11.3. The summed E-state index contributed by atoms with van der Waals surface area (Å²) in [6, 6.07) is 64.2. The van der Waals surface area contributed by atoms with Crippen molar-refractivity contribution in [1.82, 2.24) is 0 Å². The van der Waals surface area contributed by atoms with Crippen molar-refractivity contribution in [2.45, 2.75) is 0 Å². The molecular weight excluding hydrogens is 544 g/mol. The van der Waals surface area contributed by atoms with E-state index in [-0.39, 0.29) is 0 Å². The molecule has 0 radical (unpaired) electrons. The van der Waals surface area contributed by atoms with Crippen LogP contribution in [0, 0.1) is 0 Å². The number of rotatable bonds is 6. The monoisotopic (exact) mass is 574 g/mol. The van der Waals surface area contributed by atoms with E-state index in [2.05, 4.69) is 182 Å². The molecule has 0 heterocycles. The Labute approximate surface area is 263 Å². The quantitative estimate of drug-likeness (QED) is 0.192. The van der Waals surface area contributed by atoms with Crippen molar-refractivity contribution in [3.05, 3.63) is 182 Å². The zero-order valence-corrected chi connectivity index (χ0v) is 24.7. The van der Waals surface area contributed by atoms with Gasteiger partial charge in [0.2, 0.25) is 0 Å². The standard InChI is InChI=1S/C44H30O/c1-5-17-31(18-6-1)39-29-41(35-25-13-15-27-37(35)43(39)33-21-9-3-10-22-33)45-42-30-40(32-19-7-2-8-20-32)44(34-23-11-4-12-24-34)38-28-16-14-26-36(38)42/h1-30H. The Balaban J connectivity index is 1.41. The maximum Gasteiger partial charge on any atom is 0.135 e. The SMILES string of the molecule is c1ccc(-c2cc(Oc3cc(-c4ccccc4)c(-c4ccccc4)c4ccccc34)c3ccccc3c2-c2ccccc2)cc1. The second-order valence-corrected chi connectivity index (χ2v) is 11.3. The summed E-state index contributed by atoms with van der Waals surface area (Å²) >= 11 is 0. The van der Waals surface area contributed by atoms with Gasteiger partial charge in [-0.3, -0.25) is 0 Å². The average Bonchev–Trinajstić information content (AvgIpc) is 3.13. The zero-order chi connectivity index (χ0) is 30.0. The third-order valence-corrected chi connectivity index (χ3v) is 8.53. The number of fused-ring (bicyclic) bond motifs is 2. The van der Waals surface area contributed by atoms with Gasteiger partial charge in [-0.25, -0.2) is 0 Å². The van der Waals surface area contributed by atoms with Crippen LogP contribution in [0.25, 0.3) is 66.1 Å². The Kier molecular flexibility index (Phi) is 6.90. The zero-order valence-electron chi connectivity index (χ0n) is 24.7. The fraction of sp³-hybridized carbons (Fsp3) is 0. The van der Waals surface area contributed by atoms with Crippen LogP contribution < -0.4 is 4.74 Å². The van der Waals surface area contributed by atoms with Gasteiger partial charge in [0.15, 0.2) is 0 Å². The van der Waals surface area contributed by atoms with Gasteiger partial charge in [-0.2, -0.15) is 0 Å². The molecule has 212 valence electrons. The first kappa shape index (κ1) is 26.7. The van der Waals surface area contributed by atoms with Crippen molar-refractivity contribution in [2.75, 3.05) is 0 Å². The van der Waals surface area contributed by atoms with Gasteiger partial charge in [-0.15, -0.1) is 0 Å². The van der Waals surface area contributed by atoms with Crippen LogP contribution in [-0.4, -0.2) is 0 Å². The summed E-state index contributed by atoms with van der Waals surface area (Å²) in [7, 11) is 0. The highest BCUT2D eigenvalue weighted by Crippen LogP contribution is 2.47. The van der Waals surface area contributed by atoms with E-state index in [9.17, 15) is 0 Å². The highest BCUT2D eigenvalue weighted by molar-refractivity contribution is 6.09. The molecule has 0 aliphatic rings. The lowest BCUT2D eigenvalue weighted by molar-refractivity contribution is 0.494. The van der Waals surface area contributed by atoms with E-state index in [1.807, 2.05) is 0 Å². The highest BCUT2D eigenvalue weighted by Gasteiger charge is 2.20. The summed E-state index contributed by atoms with van der Waals surface area (Å²) in [6.07, 6.45) is 0. The van der Waals surface area contributed by atoms with Crippen LogP contribution in [0.1, 0.15) is 0 Å². The molecule has 1 heteroatoms. The molecule has 8 rings (SSSR count). The van der Waals surface area contributed by atoms with E-state index in [0.717, 1.165) is 55.3 Å². The minimum Gasteiger partial charge on any atom is -0.456 e. The summed E-state index contributed by atoms with van der Waals surface area (Å²) in [5, 5.41) is 4.48. The molecule has 0 saturated heterocycles. The van der Waals surface area contributed by atoms with Gasteiger partial charge >= 0.3 is 0 Å². The molecule has 0 saturated carbocycles. The molecule has 0 N–H and O–H groups in total. The van der Waals surface area contributed by atoms with E-state index in [0.29, 0.717) is 0 Å². The van der Waals surface area contributed by atoms with E-state index in [1.54, 1.807) is 0 Å². The number of hydrogen-bond donors (Lipinski definition) is 0. The Bertz CT molecular complexity index is 2090. The first-order valence-electron chi connectivity index (χ1n) is 15.4. The molecule has 0 aliphatic heterocycles. The predicted octanol–water partition coefficient (Wildman–Crippen LogP) is 12.5. The highest BCUT2D eigenvalue weighted by atomic mass is 16.5. The number of hydrogen-bond acceptors (Lipinski definition) is 1. The molecule has 45 heavy (non-hydrogen) atoms. The van der Waals surface area contributed by atoms with Crippen molar-refractivity contribution in [3.63, 3.8) is 0 Å². The van der Waals surface area contributed by atoms with Gasteiger partial charge in [0.05, 0.1) is 0 Å². The molecule has 1 nitrogen and oxygen atoms in total. The summed E-state index contributed by atoms with van der Waals surface area (Å²) in [5.74, 6) is 1.67. The lowest BCUT2D eigenvalue weighted by Crippen LogP contribution is -1.95. The third-order valence-electron chi connectivity index (χ3n) is 8.53. The van der Waals surface area contributed by atoms with Gasteiger partial charge in [-0.1, -0.05) is 170 Å². The van der Waals surface area contributed by atoms with Crippen LogP contribution >= 0.6 is 0 Å². The third kappa shape index (κ3) is 4.95. The maximum atomic E-state index is 7.11. The normalized spacial score (nSPS) is 11.1. The van der Waals surface area contributed by atoms with Crippen molar-refractivity contribution < 1.29 is 4.74 Å². The number of ether oxygens (including phenoxy) is 1. The molecule has 8 aromatic carbocycles. The van der Waals surface area contributed by atoms with Crippen LogP contribution in [-0.2, 0) is 0 Å². The predicted molar refractivity (Wildman–Crippen MR) is 190 cm³/mol. The first-order chi connectivity index (χ1) is 22.3. The van der Waals surface area contributed by atoms with Gasteiger partial charge in [-0.05, 0) is 67.4 Å². The van der Waals surface area contributed by atoms with Gasteiger partial charge in [0, 0.05) is 10.8 Å². The molecule has 0 spiro atoms. The Morgan fingerprint density at radius 1 is 0.267 bits per heavy atom. The van der Waals surface area contributed by atoms with Crippen LogP contribution in [0.4, 0.5) is 0 Å². The molecule has 8 aromatic rings. The first-order valence-corrected chi connectivity index (χ1v) is 15.4. The summed E-state index contributed by atoms with van der Waals surface area (Å²) in [4.78, 5) is 0. The van der Waals surface area contributed by atoms with Crippen molar-refractivity contribution in [2.24, 2.45) is 0 Å². The van der Waals surface area contributed by atoms with E-state index in [1.165, 1.54) is 22.3 Å². The molecule has 0 amide bonds. The Hall–Kier alpha value is -5.92. The van der Waals surface area contributed by atoms with Gasteiger partial charge in [0.25, 0.3) is 0 Å². The lowest BCUT2D eigenvalue weighted by Gasteiger charge is -2.21. The van der Waals surface area contributed by atoms with Crippen LogP contribution in [0.5, 0.6) is 11.5 Å². The second kappa shape index (κ2) is 11.6. The molecule has 0 bridgehead atoms. The molecular formula is C44H30O. The van der Waals surface area contributed by atoms with Crippen molar-refractivity contribution in [3.8, 4) is 56.0 Å². The largest absolute Gasteiger partial charge is 0.456 e. The fourth-order valence-electron chi connectivity index (χ4n) is 6.49. The molecule has 0 fully saturated rings. The summed E-state index contributed by atoms with van der Waals surface area (Å²) < 4.78 is 7.11. The Morgan fingerprint density at radius 3 is 0.911 bits per heavy atom. The van der Waals surface area contributed by atoms with E-state index < -0.39 is 0 Å². The van der Waals surface area contributed by atoms with Crippen molar-refractivity contribution >= 4 is 21.5 Å². The minimum atomic E-state index is 0.834. The fourth-order valence-corrected chi connectivity index (χ4v) is 6.49. The van der Waals surface area contributed by atoms with E-state index in [4.69, 9.17) is 4.74 Å². The molecule has 0 atom stereocenters. The Morgan fingerprint density at radius 2 is 0.556 bits per heavy atom. The smallest absolute Gasteiger partial charge is 0.135 e. The average molecular weight is 575 g/mol. The number of benzene rings is 8. The topological polar surface area (TPSA) is 9.23 Å². The van der Waals surface area contributed by atoms with Crippen LogP contribution in [0.2, 0.25) is 0 Å². The molecule has 0 aliphatic carbocycles. The van der Waals surface area contributed by atoms with Crippen LogP contribution in [0.3, 0.4) is 0 Å².